The largest absolute Gasteiger partial charge is 0.416 e. The van der Waals surface area contributed by atoms with Crippen LogP contribution in [0.2, 0.25) is 0 Å². The van der Waals surface area contributed by atoms with Crippen LogP contribution in [0.25, 0.3) is 0 Å². The summed E-state index contributed by atoms with van der Waals surface area (Å²) < 4.78 is 37.8. The summed E-state index contributed by atoms with van der Waals surface area (Å²) in [6.45, 7) is 1.12. The van der Waals surface area contributed by atoms with Gasteiger partial charge in [-0.25, -0.2) is 0 Å². The molecular weight excluding hydrogens is 287 g/mol. The van der Waals surface area contributed by atoms with Crippen molar-refractivity contribution in [3.63, 3.8) is 0 Å². The van der Waals surface area contributed by atoms with Gasteiger partial charge < -0.3 is 4.90 Å². The van der Waals surface area contributed by atoms with Crippen molar-refractivity contribution in [1.29, 1.82) is 0 Å². The molecule has 0 aliphatic carbocycles. The fourth-order valence-electron chi connectivity index (χ4n) is 2.36. The lowest BCUT2D eigenvalue weighted by atomic mass is 10.1. The molecule has 1 aliphatic rings. The van der Waals surface area contributed by atoms with Gasteiger partial charge in [-0.1, -0.05) is 18.2 Å². The van der Waals surface area contributed by atoms with Crippen molar-refractivity contribution in [2.45, 2.75) is 19.0 Å². The molecule has 1 aliphatic heterocycles. The molecule has 6 heteroatoms. The molecule has 0 spiro atoms. The molecule has 1 atom stereocenters. The Morgan fingerprint density at radius 2 is 2.10 bits per heavy atom. The molecule has 20 heavy (non-hydrogen) atoms. The Bertz CT molecular complexity index is 490. The lowest BCUT2D eigenvalue weighted by Crippen LogP contribution is -2.27. The Morgan fingerprint density at radius 1 is 1.35 bits per heavy atom. The monoisotopic (exact) mass is 303 g/mol. The topological polar surface area (TPSA) is 20.3 Å². The molecule has 1 heterocycles. The molecule has 0 radical (unpaired) electrons. The second-order valence-electron chi connectivity index (χ2n) is 5.04. The summed E-state index contributed by atoms with van der Waals surface area (Å²) in [6, 6.07) is 5.27. The van der Waals surface area contributed by atoms with Crippen LogP contribution in [-0.2, 0) is 17.4 Å². The van der Waals surface area contributed by atoms with E-state index in [1.807, 2.05) is 0 Å². The van der Waals surface area contributed by atoms with E-state index in [0.717, 1.165) is 12.1 Å². The Labute approximate surface area is 121 Å². The Kier molecular flexibility index (Phi) is 4.62. The van der Waals surface area contributed by atoms with E-state index in [-0.39, 0.29) is 11.8 Å². The number of rotatable bonds is 4. The van der Waals surface area contributed by atoms with E-state index in [1.165, 1.54) is 6.07 Å². The van der Waals surface area contributed by atoms with Gasteiger partial charge >= 0.3 is 6.18 Å². The van der Waals surface area contributed by atoms with Crippen molar-refractivity contribution in [2.24, 2.45) is 5.92 Å². The summed E-state index contributed by atoms with van der Waals surface area (Å²) in [5.41, 5.74) is -0.0436. The number of thiol groups is 1. The first-order chi connectivity index (χ1) is 9.40. The number of benzene rings is 1. The van der Waals surface area contributed by atoms with E-state index in [9.17, 15) is 18.0 Å². The molecule has 1 aromatic rings. The van der Waals surface area contributed by atoms with Crippen molar-refractivity contribution in [1.82, 2.24) is 4.90 Å². The lowest BCUT2D eigenvalue weighted by molar-refractivity contribution is -0.137. The Morgan fingerprint density at radius 3 is 2.70 bits per heavy atom. The molecule has 110 valence electrons. The summed E-state index contributed by atoms with van der Waals surface area (Å²) >= 11 is 4.18. The third-order valence-corrected chi connectivity index (χ3v) is 3.99. The van der Waals surface area contributed by atoms with E-state index in [1.54, 1.807) is 11.0 Å². The molecule has 1 fully saturated rings. The molecule has 1 saturated heterocycles. The number of likely N-dealkylation sites (tertiary alicyclic amines) is 1. The normalized spacial score (nSPS) is 19.7. The third kappa shape index (κ3) is 3.69. The highest BCUT2D eigenvalue weighted by atomic mass is 32.1. The highest BCUT2D eigenvalue weighted by molar-refractivity contribution is 7.80. The Balaban J connectivity index is 1.96. The van der Waals surface area contributed by atoms with E-state index < -0.39 is 11.7 Å². The second kappa shape index (κ2) is 6.08. The van der Waals surface area contributed by atoms with Crippen molar-refractivity contribution < 1.29 is 18.0 Å². The van der Waals surface area contributed by atoms with Crippen LogP contribution in [0.3, 0.4) is 0 Å². The average Bonchev–Trinajstić information content (AvgIpc) is 2.76. The molecule has 1 amide bonds. The van der Waals surface area contributed by atoms with Crippen molar-refractivity contribution in [3.05, 3.63) is 35.4 Å². The zero-order valence-electron chi connectivity index (χ0n) is 10.9. The summed E-state index contributed by atoms with van der Waals surface area (Å²) in [7, 11) is 0. The van der Waals surface area contributed by atoms with Gasteiger partial charge in [0.15, 0.2) is 0 Å². The first-order valence-corrected chi connectivity index (χ1v) is 7.08. The smallest absolute Gasteiger partial charge is 0.342 e. The van der Waals surface area contributed by atoms with Crippen LogP contribution in [0.5, 0.6) is 0 Å². The second-order valence-corrected chi connectivity index (χ2v) is 5.41. The minimum atomic E-state index is -4.32. The number of hydrogen-bond donors (Lipinski definition) is 1. The zero-order valence-corrected chi connectivity index (χ0v) is 11.8. The fraction of sp³-hybridized carbons (Fsp3) is 0.500. The summed E-state index contributed by atoms with van der Waals surface area (Å²) in [5, 5.41) is 0. The number of nitrogens with zero attached hydrogens (tertiary/aromatic N) is 1. The molecule has 1 unspecified atom stereocenters. The van der Waals surface area contributed by atoms with Crippen LogP contribution in [0, 0.1) is 5.92 Å². The first kappa shape index (κ1) is 15.2. The number of hydrogen-bond acceptors (Lipinski definition) is 2. The highest BCUT2D eigenvalue weighted by Crippen LogP contribution is 2.29. The number of carbonyl (C=O) groups excluding carboxylic acids is 1. The number of carbonyl (C=O) groups is 1. The number of alkyl halides is 3. The van der Waals surface area contributed by atoms with Crippen molar-refractivity contribution >= 4 is 18.5 Å². The average molecular weight is 303 g/mol. The molecule has 0 bridgehead atoms. The standard InChI is InChI=1S/C14H16F3NOS/c15-14(16,17)12-3-1-2-10(6-12)4-5-18-8-11(9-20)7-13(18)19/h1-3,6,11,20H,4-5,7-9H2. The van der Waals surface area contributed by atoms with Crippen LogP contribution >= 0.6 is 12.6 Å². The van der Waals surface area contributed by atoms with Crippen molar-refractivity contribution in [3.8, 4) is 0 Å². The number of amides is 1. The highest BCUT2D eigenvalue weighted by Gasteiger charge is 2.31. The molecule has 1 aromatic carbocycles. The molecule has 0 N–H and O–H groups in total. The van der Waals surface area contributed by atoms with Gasteiger partial charge in [-0.15, -0.1) is 0 Å². The number of halogens is 3. The van der Waals surface area contributed by atoms with E-state index in [4.69, 9.17) is 0 Å². The summed E-state index contributed by atoms with van der Waals surface area (Å²) in [6.07, 6.45) is -3.39. The third-order valence-electron chi connectivity index (χ3n) is 3.48. The van der Waals surface area contributed by atoms with Gasteiger partial charge in [-0.2, -0.15) is 25.8 Å². The van der Waals surface area contributed by atoms with Crippen LogP contribution in [0.15, 0.2) is 24.3 Å². The predicted molar refractivity (Wildman–Crippen MR) is 73.7 cm³/mol. The van der Waals surface area contributed by atoms with Gasteiger partial charge in [0.2, 0.25) is 5.91 Å². The maximum absolute atomic E-state index is 12.6. The van der Waals surface area contributed by atoms with Gasteiger partial charge in [0.25, 0.3) is 0 Å². The van der Waals surface area contributed by atoms with Gasteiger partial charge in [-0.3, -0.25) is 4.79 Å². The summed E-state index contributed by atoms with van der Waals surface area (Å²) in [5.74, 6) is 0.981. The Hall–Kier alpha value is -1.17. The fourth-order valence-corrected chi connectivity index (χ4v) is 2.60. The van der Waals surface area contributed by atoms with Gasteiger partial charge in [0.05, 0.1) is 5.56 Å². The van der Waals surface area contributed by atoms with Gasteiger partial charge in [0, 0.05) is 19.5 Å². The maximum atomic E-state index is 12.6. The quantitative estimate of drug-likeness (QED) is 0.848. The molecule has 0 aromatic heterocycles. The maximum Gasteiger partial charge on any atom is 0.416 e. The van der Waals surface area contributed by atoms with E-state index in [0.29, 0.717) is 37.2 Å². The SMILES string of the molecule is O=C1CC(CS)CN1CCc1cccc(C(F)(F)F)c1. The van der Waals surface area contributed by atoms with Crippen LogP contribution in [0.1, 0.15) is 17.5 Å². The molecular formula is C14H16F3NOS. The first-order valence-electron chi connectivity index (χ1n) is 6.45. The van der Waals surface area contributed by atoms with E-state index in [2.05, 4.69) is 12.6 Å². The van der Waals surface area contributed by atoms with Gasteiger partial charge in [0.1, 0.15) is 0 Å². The van der Waals surface area contributed by atoms with Crippen LogP contribution in [0.4, 0.5) is 13.2 Å². The molecule has 2 nitrogen and oxygen atoms in total. The summed E-state index contributed by atoms with van der Waals surface area (Å²) in [4.78, 5) is 13.4. The molecule has 0 saturated carbocycles. The van der Waals surface area contributed by atoms with E-state index >= 15 is 0 Å². The zero-order chi connectivity index (χ0) is 14.8. The minimum Gasteiger partial charge on any atom is -0.342 e. The van der Waals surface area contributed by atoms with Gasteiger partial charge in [-0.05, 0) is 29.7 Å². The lowest BCUT2D eigenvalue weighted by Gasteiger charge is -2.16. The van der Waals surface area contributed by atoms with Crippen LogP contribution in [-0.4, -0.2) is 29.6 Å². The molecule has 2 rings (SSSR count). The predicted octanol–water partition coefficient (Wildman–Crippen LogP) is 3.03. The van der Waals surface area contributed by atoms with Crippen LogP contribution < -0.4 is 0 Å². The minimum absolute atomic E-state index is 0.0658. The van der Waals surface area contributed by atoms with Crippen molar-refractivity contribution in [2.75, 3.05) is 18.8 Å².